The average Bonchev–Trinajstić information content (AvgIpc) is 2.55. The van der Waals surface area contributed by atoms with Crippen molar-refractivity contribution in [2.75, 3.05) is 12.4 Å². The van der Waals surface area contributed by atoms with Gasteiger partial charge in [-0.05, 0) is 42.6 Å². The summed E-state index contributed by atoms with van der Waals surface area (Å²) in [5, 5.41) is 23.5. The molecule has 0 saturated heterocycles. The minimum Gasteiger partial charge on any atom is -0.505 e. The molecule has 110 valence electrons. The highest BCUT2D eigenvalue weighted by Gasteiger charge is 2.06. The van der Waals surface area contributed by atoms with Gasteiger partial charge in [0.2, 0.25) is 0 Å². The fourth-order valence-corrected chi connectivity index (χ4v) is 2.25. The fraction of sp³-hybridized carbons (Fsp3) is 0.111. The molecule has 0 aliphatic carbocycles. The normalized spacial score (nSPS) is 11.2. The predicted octanol–water partition coefficient (Wildman–Crippen LogP) is 5.31. The molecule has 3 aromatic carbocycles. The summed E-state index contributed by atoms with van der Waals surface area (Å²) in [7, 11) is 1.85. The van der Waals surface area contributed by atoms with E-state index in [0.29, 0.717) is 5.69 Å². The van der Waals surface area contributed by atoms with E-state index < -0.39 is 0 Å². The second-order valence-electron chi connectivity index (χ2n) is 5.15. The third-order valence-corrected chi connectivity index (χ3v) is 3.57. The van der Waals surface area contributed by atoms with Crippen molar-refractivity contribution in [1.29, 1.82) is 0 Å². The summed E-state index contributed by atoms with van der Waals surface area (Å²) in [4.78, 5) is 0. The lowest BCUT2D eigenvalue weighted by molar-refractivity contribution is 0.482. The van der Waals surface area contributed by atoms with Crippen LogP contribution in [0.2, 0.25) is 0 Å². The van der Waals surface area contributed by atoms with Gasteiger partial charge in [-0.3, -0.25) is 0 Å². The largest absolute Gasteiger partial charge is 0.505 e. The quantitative estimate of drug-likeness (QED) is 0.642. The van der Waals surface area contributed by atoms with Crippen molar-refractivity contribution < 1.29 is 5.11 Å². The molecule has 3 aromatic rings. The first-order valence-electron chi connectivity index (χ1n) is 7.09. The highest BCUT2D eigenvalue weighted by atomic mass is 16.3. The van der Waals surface area contributed by atoms with Gasteiger partial charge in [0.25, 0.3) is 0 Å². The number of rotatable bonds is 3. The summed E-state index contributed by atoms with van der Waals surface area (Å²) < 4.78 is 0. The molecule has 22 heavy (non-hydrogen) atoms. The maximum atomic E-state index is 10.4. The number of fused-ring (bicyclic) bond motifs is 1. The van der Waals surface area contributed by atoms with Crippen LogP contribution in [0.3, 0.4) is 0 Å². The molecule has 0 spiro atoms. The summed E-state index contributed by atoms with van der Waals surface area (Å²) >= 11 is 0. The molecule has 0 radical (unpaired) electrons. The molecule has 0 amide bonds. The number of benzene rings is 3. The first-order valence-corrected chi connectivity index (χ1v) is 7.09. The van der Waals surface area contributed by atoms with Crippen LogP contribution < -0.4 is 5.32 Å². The highest BCUT2D eigenvalue weighted by molar-refractivity contribution is 5.94. The average molecular weight is 291 g/mol. The summed E-state index contributed by atoms with van der Waals surface area (Å²) in [6.07, 6.45) is 0. The standard InChI is InChI=1S/C18H17N3O/c1-12-3-7-14(8-4-12)20-21-17-10-6-13-5-9-15(19-2)11-16(13)18(17)22/h3-11,19,22H,1-2H3. The van der Waals surface area contributed by atoms with Crippen LogP contribution in [0.25, 0.3) is 10.8 Å². The molecule has 3 rings (SSSR count). The topological polar surface area (TPSA) is 57.0 Å². The van der Waals surface area contributed by atoms with E-state index in [0.717, 1.165) is 22.1 Å². The van der Waals surface area contributed by atoms with Crippen LogP contribution in [0.5, 0.6) is 5.75 Å². The van der Waals surface area contributed by atoms with Gasteiger partial charge in [-0.2, -0.15) is 5.11 Å². The zero-order valence-electron chi connectivity index (χ0n) is 12.5. The lowest BCUT2D eigenvalue weighted by Gasteiger charge is -2.06. The van der Waals surface area contributed by atoms with E-state index >= 15 is 0 Å². The lowest BCUT2D eigenvalue weighted by Crippen LogP contribution is -1.87. The van der Waals surface area contributed by atoms with Gasteiger partial charge in [-0.25, -0.2) is 0 Å². The SMILES string of the molecule is CNc1ccc2ccc(N=Nc3ccc(C)cc3)c(O)c2c1. The van der Waals surface area contributed by atoms with E-state index in [2.05, 4.69) is 15.5 Å². The van der Waals surface area contributed by atoms with Gasteiger partial charge in [0.05, 0.1) is 5.69 Å². The summed E-state index contributed by atoms with van der Waals surface area (Å²) in [5.74, 6) is 0.144. The molecule has 0 aliphatic heterocycles. The van der Waals surface area contributed by atoms with E-state index in [-0.39, 0.29) is 5.75 Å². The molecule has 0 unspecified atom stereocenters. The van der Waals surface area contributed by atoms with Crippen molar-refractivity contribution in [3.8, 4) is 5.75 Å². The number of aromatic hydroxyl groups is 1. The monoisotopic (exact) mass is 291 g/mol. The van der Waals surface area contributed by atoms with Crippen molar-refractivity contribution in [2.45, 2.75) is 6.92 Å². The van der Waals surface area contributed by atoms with Crippen molar-refractivity contribution in [3.05, 3.63) is 60.2 Å². The zero-order chi connectivity index (χ0) is 15.5. The molecule has 0 aromatic heterocycles. The van der Waals surface area contributed by atoms with Gasteiger partial charge in [-0.15, -0.1) is 5.11 Å². The molecular weight excluding hydrogens is 274 g/mol. The van der Waals surface area contributed by atoms with Gasteiger partial charge in [-0.1, -0.05) is 29.8 Å². The molecule has 0 saturated carbocycles. The number of anilines is 1. The molecule has 0 atom stereocenters. The second-order valence-corrected chi connectivity index (χ2v) is 5.15. The molecular formula is C18H17N3O. The molecule has 0 fully saturated rings. The Hall–Kier alpha value is -2.88. The Kier molecular flexibility index (Phi) is 3.74. The van der Waals surface area contributed by atoms with E-state index in [9.17, 15) is 5.11 Å². The van der Waals surface area contributed by atoms with Crippen molar-refractivity contribution in [3.63, 3.8) is 0 Å². The summed E-state index contributed by atoms with van der Waals surface area (Å²) in [6, 6.07) is 17.3. The first-order chi connectivity index (χ1) is 10.7. The Morgan fingerprint density at radius 1 is 0.909 bits per heavy atom. The van der Waals surface area contributed by atoms with Crippen LogP contribution in [-0.4, -0.2) is 12.2 Å². The highest BCUT2D eigenvalue weighted by Crippen LogP contribution is 2.36. The van der Waals surface area contributed by atoms with Crippen LogP contribution >= 0.6 is 0 Å². The zero-order valence-corrected chi connectivity index (χ0v) is 12.5. The Labute approximate surface area is 129 Å². The van der Waals surface area contributed by atoms with Crippen LogP contribution in [0.15, 0.2) is 64.8 Å². The molecule has 4 heteroatoms. The Morgan fingerprint density at radius 2 is 1.64 bits per heavy atom. The number of phenolic OH excluding ortho intramolecular Hbond substituents is 1. The van der Waals surface area contributed by atoms with Gasteiger partial charge in [0.15, 0.2) is 5.75 Å². The van der Waals surface area contributed by atoms with Gasteiger partial charge >= 0.3 is 0 Å². The van der Waals surface area contributed by atoms with Crippen LogP contribution in [0, 0.1) is 6.92 Å². The van der Waals surface area contributed by atoms with Gasteiger partial charge < -0.3 is 10.4 Å². The number of hydrogen-bond acceptors (Lipinski definition) is 4. The minimum absolute atomic E-state index is 0.144. The summed E-state index contributed by atoms with van der Waals surface area (Å²) in [6.45, 7) is 2.02. The van der Waals surface area contributed by atoms with Crippen molar-refractivity contribution in [2.24, 2.45) is 10.2 Å². The second kappa shape index (κ2) is 5.85. The number of azo groups is 1. The number of nitrogens with zero attached hydrogens (tertiary/aromatic N) is 2. The smallest absolute Gasteiger partial charge is 0.150 e. The number of nitrogens with one attached hydrogen (secondary N) is 1. The van der Waals surface area contributed by atoms with E-state index in [1.165, 1.54) is 5.56 Å². The van der Waals surface area contributed by atoms with E-state index in [1.54, 1.807) is 6.07 Å². The van der Waals surface area contributed by atoms with Crippen molar-refractivity contribution >= 4 is 27.8 Å². The van der Waals surface area contributed by atoms with Gasteiger partial charge in [0.1, 0.15) is 5.69 Å². The van der Waals surface area contributed by atoms with Crippen LogP contribution in [-0.2, 0) is 0 Å². The third-order valence-electron chi connectivity index (χ3n) is 3.57. The molecule has 2 N–H and O–H groups in total. The maximum absolute atomic E-state index is 10.4. The van der Waals surface area contributed by atoms with Crippen LogP contribution in [0.4, 0.5) is 17.1 Å². The lowest BCUT2D eigenvalue weighted by atomic mass is 10.1. The summed E-state index contributed by atoms with van der Waals surface area (Å²) in [5.41, 5.74) is 3.33. The molecule has 0 heterocycles. The fourth-order valence-electron chi connectivity index (χ4n) is 2.25. The number of aryl methyl sites for hydroxylation is 1. The first kappa shape index (κ1) is 14.1. The number of phenols is 1. The molecule has 4 nitrogen and oxygen atoms in total. The molecule has 0 bridgehead atoms. The van der Waals surface area contributed by atoms with Gasteiger partial charge in [0, 0.05) is 18.1 Å². The van der Waals surface area contributed by atoms with Crippen molar-refractivity contribution in [1.82, 2.24) is 0 Å². The Balaban J connectivity index is 2.00. The Morgan fingerprint density at radius 3 is 2.36 bits per heavy atom. The van der Waals surface area contributed by atoms with E-state index in [1.807, 2.05) is 62.5 Å². The predicted molar refractivity (Wildman–Crippen MR) is 90.5 cm³/mol. The number of hydrogen-bond donors (Lipinski definition) is 2. The third kappa shape index (κ3) is 2.76. The maximum Gasteiger partial charge on any atom is 0.150 e. The van der Waals surface area contributed by atoms with E-state index in [4.69, 9.17) is 0 Å². The molecule has 0 aliphatic rings. The minimum atomic E-state index is 0.144. The Bertz CT molecular complexity index is 839. The van der Waals surface area contributed by atoms with Crippen LogP contribution in [0.1, 0.15) is 5.56 Å².